The van der Waals surface area contributed by atoms with E-state index in [1.165, 1.54) is 38.2 Å². The van der Waals surface area contributed by atoms with Crippen molar-refractivity contribution < 1.29 is 9.18 Å². The molecule has 0 bridgehead atoms. The van der Waals surface area contributed by atoms with Crippen LogP contribution in [-0.4, -0.2) is 30.3 Å². The number of ketones is 1. The Morgan fingerprint density at radius 3 is 2.37 bits per heavy atom. The number of carbonyl (C=O) groups excluding carboxylic acids is 1. The summed E-state index contributed by atoms with van der Waals surface area (Å²) in [7, 11) is 0. The molecule has 2 nitrogen and oxygen atoms in total. The maximum absolute atomic E-state index is 13.5. The lowest BCUT2D eigenvalue weighted by Gasteiger charge is -2.24. The van der Waals surface area contributed by atoms with Crippen LogP contribution in [0.4, 0.5) is 4.39 Å². The predicted octanol–water partition coefficient (Wildman–Crippen LogP) is 3.66. The standard InChI is InChI=1S/C16H22FNO/c17-15-9-5-4-8-14(15)16(19)10-13-18-11-6-2-1-3-7-12-18/h4-5,8-9H,1-3,6-7,10-13H2. The van der Waals surface area contributed by atoms with Crippen LogP contribution in [0.5, 0.6) is 0 Å². The number of nitrogens with zero attached hydrogens (tertiary/aromatic N) is 1. The van der Waals surface area contributed by atoms with Gasteiger partial charge in [0.25, 0.3) is 0 Å². The first kappa shape index (κ1) is 14.2. The van der Waals surface area contributed by atoms with Gasteiger partial charge in [0, 0.05) is 13.0 Å². The summed E-state index contributed by atoms with van der Waals surface area (Å²) in [5.41, 5.74) is 0.231. The molecule has 1 fully saturated rings. The first-order valence-corrected chi connectivity index (χ1v) is 7.27. The lowest BCUT2D eigenvalue weighted by Crippen LogP contribution is -2.29. The summed E-state index contributed by atoms with van der Waals surface area (Å²) < 4.78 is 13.5. The summed E-state index contributed by atoms with van der Waals surface area (Å²) in [5.74, 6) is -0.486. The van der Waals surface area contributed by atoms with Crippen LogP contribution in [0.1, 0.15) is 48.9 Å². The lowest BCUT2D eigenvalue weighted by atomic mass is 10.1. The zero-order chi connectivity index (χ0) is 13.5. The van der Waals surface area contributed by atoms with Gasteiger partial charge in [-0.1, -0.05) is 31.4 Å². The minimum Gasteiger partial charge on any atom is -0.303 e. The van der Waals surface area contributed by atoms with E-state index in [1.807, 2.05) is 0 Å². The summed E-state index contributed by atoms with van der Waals surface area (Å²) >= 11 is 0. The fraction of sp³-hybridized carbons (Fsp3) is 0.562. The van der Waals surface area contributed by atoms with E-state index in [1.54, 1.807) is 18.2 Å². The largest absolute Gasteiger partial charge is 0.303 e. The van der Waals surface area contributed by atoms with Crippen molar-refractivity contribution in [1.82, 2.24) is 4.90 Å². The van der Waals surface area contributed by atoms with E-state index in [-0.39, 0.29) is 11.3 Å². The summed E-state index contributed by atoms with van der Waals surface area (Å²) in [6.07, 6.45) is 6.76. The summed E-state index contributed by atoms with van der Waals surface area (Å²) in [5, 5.41) is 0. The van der Waals surface area contributed by atoms with Crippen molar-refractivity contribution in [2.75, 3.05) is 19.6 Å². The first-order chi connectivity index (χ1) is 9.27. The molecule has 1 saturated heterocycles. The third kappa shape index (κ3) is 4.43. The van der Waals surface area contributed by atoms with Gasteiger partial charge in [0.2, 0.25) is 0 Å². The van der Waals surface area contributed by atoms with Crippen molar-refractivity contribution in [3.8, 4) is 0 Å². The molecule has 0 aliphatic carbocycles. The molecule has 1 aromatic carbocycles. The highest BCUT2D eigenvalue weighted by atomic mass is 19.1. The average Bonchev–Trinajstić information content (AvgIpc) is 2.37. The van der Waals surface area contributed by atoms with Crippen LogP contribution in [0.15, 0.2) is 24.3 Å². The van der Waals surface area contributed by atoms with Crippen LogP contribution >= 0.6 is 0 Å². The molecule has 1 aliphatic rings. The number of rotatable bonds is 4. The van der Waals surface area contributed by atoms with Gasteiger partial charge in [0.15, 0.2) is 5.78 Å². The van der Waals surface area contributed by atoms with Crippen LogP contribution in [0.25, 0.3) is 0 Å². The van der Waals surface area contributed by atoms with Crippen LogP contribution in [-0.2, 0) is 0 Å². The number of Topliss-reactive ketones (excluding diaryl/α,β-unsaturated/α-hetero) is 1. The van der Waals surface area contributed by atoms with Gasteiger partial charge >= 0.3 is 0 Å². The number of benzene rings is 1. The number of hydrogen-bond donors (Lipinski definition) is 0. The molecule has 19 heavy (non-hydrogen) atoms. The molecule has 0 atom stereocenters. The SMILES string of the molecule is O=C(CCN1CCCCCCC1)c1ccccc1F. The van der Waals surface area contributed by atoms with Crippen LogP contribution < -0.4 is 0 Å². The first-order valence-electron chi connectivity index (χ1n) is 7.27. The van der Waals surface area contributed by atoms with Gasteiger partial charge in [0.1, 0.15) is 5.82 Å². The highest BCUT2D eigenvalue weighted by molar-refractivity contribution is 5.96. The highest BCUT2D eigenvalue weighted by Crippen LogP contribution is 2.13. The quantitative estimate of drug-likeness (QED) is 0.773. The third-order valence-electron chi connectivity index (χ3n) is 3.78. The minimum absolute atomic E-state index is 0.0832. The van der Waals surface area contributed by atoms with Gasteiger partial charge in [-0.2, -0.15) is 0 Å². The van der Waals surface area contributed by atoms with Gasteiger partial charge < -0.3 is 4.90 Å². The molecule has 0 aromatic heterocycles. The van der Waals surface area contributed by atoms with Gasteiger partial charge in [-0.3, -0.25) is 4.79 Å². The highest BCUT2D eigenvalue weighted by Gasteiger charge is 2.13. The number of likely N-dealkylation sites (tertiary alicyclic amines) is 1. The van der Waals surface area contributed by atoms with Gasteiger partial charge in [-0.15, -0.1) is 0 Å². The topological polar surface area (TPSA) is 20.3 Å². The molecule has 0 spiro atoms. The summed E-state index contributed by atoms with van der Waals surface area (Å²) in [4.78, 5) is 14.3. The Morgan fingerprint density at radius 2 is 1.68 bits per heavy atom. The zero-order valence-electron chi connectivity index (χ0n) is 11.4. The summed E-state index contributed by atoms with van der Waals surface area (Å²) in [6, 6.07) is 6.26. The fourth-order valence-electron chi connectivity index (χ4n) is 2.62. The van der Waals surface area contributed by atoms with Crippen LogP contribution in [0.2, 0.25) is 0 Å². The molecule has 3 heteroatoms. The van der Waals surface area contributed by atoms with Crippen molar-refractivity contribution in [2.24, 2.45) is 0 Å². The summed E-state index contributed by atoms with van der Waals surface area (Å²) in [6.45, 7) is 2.91. The molecule has 1 heterocycles. The maximum Gasteiger partial charge on any atom is 0.167 e. The number of carbonyl (C=O) groups is 1. The molecule has 104 valence electrons. The minimum atomic E-state index is -0.403. The molecule has 1 aromatic rings. The predicted molar refractivity (Wildman–Crippen MR) is 74.9 cm³/mol. The Hall–Kier alpha value is -1.22. The fourth-order valence-corrected chi connectivity index (χ4v) is 2.62. The molecule has 0 unspecified atom stereocenters. The molecule has 2 rings (SSSR count). The Labute approximate surface area is 114 Å². The van der Waals surface area contributed by atoms with Crippen molar-refractivity contribution in [2.45, 2.75) is 38.5 Å². The molecule has 0 N–H and O–H groups in total. The Balaban J connectivity index is 1.84. The molecule has 0 radical (unpaired) electrons. The second-order valence-corrected chi connectivity index (χ2v) is 5.26. The second-order valence-electron chi connectivity index (χ2n) is 5.26. The van der Waals surface area contributed by atoms with Crippen molar-refractivity contribution in [3.05, 3.63) is 35.6 Å². The van der Waals surface area contributed by atoms with E-state index < -0.39 is 5.82 Å². The number of halogens is 1. The van der Waals surface area contributed by atoms with Crippen molar-refractivity contribution >= 4 is 5.78 Å². The molecular formula is C16H22FNO. The second kappa shape index (κ2) is 7.39. The normalized spacial score (nSPS) is 17.7. The third-order valence-corrected chi connectivity index (χ3v) is 3.78. The maximum atomic E-state index is 13.5. The zero-order valence-corrected chi connectivity index (χ0v) is 11.4. The van der Waals surface area contributed by atoms with Gasteiger partial charge in [-0.05, 0) is 38.1 Å². The van der Waals surface area contributed by atoms with E-state index in [4.69, 9.17) is 0 Å². The van der Waals surface area contributed by atoms with Crippen LogP contribution in [0, 0.1) is 5.82 Å². The molecule has 0 amide bonds. The lowest BCUT2D eigenvalue weighted by molar-refractivity contribution is 0.0958. The van der Waals surface area contributed by atoms with E-state index in [2.05, 4.69) is 4.90 Å². The van der Waals surface area contributed by atoms with E-state index in [0.717, 1.165) is 19.6 Å². The van der Waals surface area contributed by atoms with Crippen molar-refractivity contribution in [1.29, 1.82) is 0 Å². The Bertz CT molecular complexity index is 411. The van der Waals surface area contributed by atoms with E-state index in [0.29, 0.717) is 6.42 Å². The molecule has 0 saturated carbocycles. The van der Waals surface area contributed by atoms with E-state index >= 15 is 0 Å². The molecule has 1 aliphatic heterocycles. The smallest absolute Gasteiger partial charge is 0.167 e. The van der Waals surface area contributed by atoms with Crippen LogP contribution in [0.3, 0.4) is 0 Å². The molecular weight excluding hydrogens is 241 g/mol. The Kier molecular flexibility index (Phi) is 5.52. The average molecular weight is 263 g/mol. The van der Waals surface area contributed by atoms with Gasteiger partial charge in [0.05, 0.1) is 5.56 Å². The van der Waals surface area contributed by atoms with E-state index in [9.17, 15) is 9.18 Å². The number of hydrogen-bond acceptors (Lipinski definition) is 2. The van der Waals surface area contributed by atoms with Gasteiger partial charge in [-0.25, -0.2) is 4.39 Å². The monoisotopic (exact) mass is 263 g/mol. The Morgan fingerprint density at radius 1 is 1.05 bits per heavy atom. The van der Waals surface area contributed by atoms with Crippen molar-refractivity contribution in [3.63, 3.8) is 0 Å².